The van der Waals surface area contributed by atoms with E-state index in [2.05, 4.69) is 32.5 Å². The number of benzene rings is 1. The number of likely N-dealkylation sites (N-methyl/N-ethyl adjacent to an activating group) is 2. The quantitative estimate of drug-likeness (QED) is 0.213. The van der Waals surface area contributed by atoms with Crippen molar-refractivity contribution in [3.63, 3.8) is 0 Å². The van der Waals surface area contributed by atoms with Gasteiger partial charge in [-0.3, -0.25) is 4.99 Å². The molecule has 1 rings (SSSR count). The molecule has 0 amide bonds. The first-order valence-electron chi connectivity index (χ1n) is 9.01. The predicted octanol–water partition coefficient (Wildman–Crippen LogP) is 2.18. The van der Waals surface area contributed by atoms with Crippen LogP contribution in [0.5, 0.6) is 0 Å². The van der Waals surface area contributed by atoms with Crippen LogP contribution in [-0.4, -0.2) is 83.8 Å². The molecule has 0 spiro atoms. The molecule has 0 saturated heterocycles. The summed E-state index contributed by atoms with van der Waals surface area (Å²) in [5.74, 6) is 0.534. The first kappa shape index (κ1) is 26.0. The summed E-state index contributed by atoms with van der Waals surface area (Å²) in [5.41, 5.74) is 0.941. The number of nitrogens with one attached hydrogen (secondary N) is 2. The topological polar surface area (TPSA) is 52.1 Å². The van der Waals surface area contributed by atoms with Gasteiger partial charge in [-0.05, 0) is 45.3 Å². The highest BCUT2D eigenvalue weighted by molar-refractivity contribution is 14.0. The molecule has 1 unspecified atom stereocenters. The lowest BCUT2D eigenvalue weighted by atomic mass is 10.1. The summed E-state index contributed by atoms with van der Waals surface area (Å²) >= 11 is 0. The average molecular weight is 495 g/mol. The zero-order chi connectivity index (χ0) is 19.4. The SMILES string of the molecule is CN=C(NCCN(C)CCCOC)NCC(c1cccc(F)c1)N(C)C.I. The van der Waals surface area contributed by atoms with Crippen LogP contribution in [0, 0.1) is 5.82 Å². The van der Waals surface area contributed by atoms with E-state index in [9.17, 15) is 4.39 Å². The van der Waals surface area contributed by atoms with Crippen molar-refractivity contribution in [3.05, 3.63) is 35.6 Å². The van der Waals surface area contributed by atoms with Gasteiger partial charge in [-0.15, -0.1) is 24.0 Å². The molecule has 0 aliphatic heterocycles. The molecule has 6 nitrogen and oxygen atoms in total. The van der Waals surface area contributed by atoms with Crippen molar-refractivity contribution in [1.29, 1.82) is 0 Å². The summed E-state index contributed by atoms with van der Waals surface area (Å²) < 4.78 is 18.6. The lowest BCUT2D eigenvalue weighted by molar-refractivity contribution is 0.180. The van der Waals surface area contributed by atoms with Crippen molar-refractivity contribution in [1.82, 2.24) is 20.4 Å². The number of methoxy groups -OCH3 is 1. The van der Waals surface area contributed by atoms with Gasteiger partial charge in [0.2, 0.25) is 0 Å². The van der Waals surface area contributed by atoms with Gasteiger partial charge in [0.25, 0.3) is 0 Å². The summed E-state index contributed by atoms with van der Waals surface area (Å²) in [5, 5.41) is 6.65. The number of hydrogen-bond acceptors (Lipinski definition) is 4. The van der Waals surface area contributed by atoms with Crippen molar-refractivity contribution < 1.29 is 9.13 Å². The molecule has 0 bridgehead atoms. The van der Waals surface area contributed by atoms with Crippen LogP contribution in [0.2, 0.25) is 0 Å². The van der Waals surface area contributed by atoms with E-state index >= 15 is 0 Å². The summed E-state index contributed by atoms with van der Waals surface area (Å²) in [6.45, 7) is 4.15. The van der Waals surface area contributed by atoms with Gasteiger partial charge < -0.3 is 25.2 Å². The minimum absolute atomic E-state index is 0. The molecule has 0 radical (unpaired) electrons. The lowest BCUT2D eigenvalue weighted by Crippen LogP contribution is -2.44. The third-order valence-electron chi connectivity index (χ3n) is 4.22. The van der Waals surface area contributed by atoms with Gasteiger partial charge in [-0.2, -0.15) is 0 Å². The Morgan fingerprint density at radius 1 is 1.22 bits per heavy atom. The van der Waals surface area contributed by atoms with Crippen LogP contribution in [0.15, 0.2) is 29.3 Å². The Bertz CT molecular complexity index is 545. The maximum absolute atomic E-state index is 13.5. The summed E-state index contributed by atoms with van der Waals surface area (Å²) in [7, 11) is 9.55. The number of nitrogens with zero attached hydrogens (tertiary/aromatic N) is 3. The minimum Gasteiger partial charge on any atom is -0.385 e. The molecule has 1 aromatic carbocycles. The molecule has 8 heteroatoms. The highest BCUT2D eigenvalue weighted by Crippen LogP contribution is 2.18. The average Bonchev–Trinajstić information content (AvgIpc) is 2.60. The summed E-state index contributed by atoms with van der Waals surface area (Å²) in [4.78, 5) is 8.59. The number of aliphatic imine (C=N–C) groups is 1. The third kappa shape index (κ3) is 10.8. The Balaban J connectivity index is 0.00000676. The fourth-order valence-corrected chi connectivity index (χ4v) is 2.68. The zero-order valence-electron chi connectivity index (χ0n) is 17.2. The van der Waals surface area contributed by atoms with Crippen LogP contribution in [0.4, 0.5) is 4.39 Å². The second-order valence-electron chi connectivity index (χ2n) is 6.56. The van der Waals surface area contributed by atoms with Gasteiger partial charge in [-0.1, -0.05) is 12.1 Å². The van der Waals surface area contributed by atoms with Crippen LogP contribution in [0.1, 0.15) is 18.0 Å². The maximum Gasteiger partial charge on any atom is 0.191 e. The lowest BCUT2D eigenvalue weighted by Gasteiger charge is -2.26. The highest BCUT2D eigenvalue weighted by Gasteiger charge is 2.15. The van der Waals surface area contributed by atoms with Gasteiger partial charge in [0, 0.05) is 46.9 Å². The number of guanidine groups is 1. The largest absolute Gasteiger partial charge is 0.385 e. The van der Waals surface area contributed by atoms with E-state index in [1.165, 1.54) is 6.07 Å². The predicted molar refractivity (Wildman–Crippen MR) is 122 cm³/mol. The molecular weight excluding hydrogens is 460 g/mol. The van der Waals surface area contributed by atoms with Crippen molar-refractivity contribution in [2.75, 3.05) is 68.1 Å². The molecule has 156 valence electrons. The first-order chi connectivity index (χ1) is 12.5. The highest BCUT2D eigenvalue weighted by atomic mass is 127. The van der Waals surface area contributed by atoms with E-state index in [1.54, 1.807) is 26.3 Å². The summed E-state index contributed by atoms with van der Waals surface area (Å²) in [6.07, 6.45) is 1.03. The fraction of sp³-hybridized carbons (Fsp3) is 0.632. The second kappa shape index (κ2) is 15.0. The van der Waals surface area contributed by atoms with E-state index in [1.807, 2.05) is 20.2 Å². The van der Waals surface area contributed by atoms with Crippen LogP contribution in [0.3, 0.4) is 0 Å². The number of hydrogen-bond donors (Lipinski definition) is 2. The number of ether oxygens (including phenoxy) is 1. The minimum atomic E-state index is -0.214. The standard InChI is InChI=1S/C19H34FN5O.HI/c1-21-19(22-10-12-25(4)11-7-13-26-5)23-15-18(24(2)3)16-8-6-9-17(20)14-16;/h6,8-9,14,18H,7,10-13,15H2,1-5H3,(H2,21,22,23);1H. The second-order valence-corrected chi connectivity index (χ2v) is 6.56. The normalized spacial score (nSPS) is 12.8. The molecule has 0 heterocycles. The van der Waals surface area contributed by atoms with E-state index in [-0.39, 0.29) is 35.8 Å². The van der Waals surface area contributed by atoms with Crippen molar-refractivity contribution in [2.45, 2.75) is 12.5 Å². The number of rotatable bonds is 11. The number of halogens is 2. The van der Waals surface area contributed by atoms with E-state index in [4.69, 9.17) is 4.74 Å². The maximum atomic E-state index is 13.5. The van der Waals surface area contributed by atoms with Crippen molar-refractivity contribution >= 4 is 29.9 Å². The van der Waals surface area contributed by atoms with Gasteiger partial charge in [0.1, 0.15) is 5.82 Å². The zero-order valence-corrected chi connectivity index (χ0v) is 19.5. The van der Waals surface area contributed by atoms with E-state index in [0.717, 1.165) is 44.2 Å². The van der Waals surface area contributed by atoms with Crippen LogP contribution in [-0.2, 0) is 4.74 Å². The molecule has 0 aromatic heterocycles. The Morgan fingerprint density at radius 2 is 1.96 bits per heavy atom. The van der Waals surface area contributed by atoms with Crippen LogP contribution < -0.4 is 10.6 Å². The van der Waals surface area contributed by atoms with E-state index < -0.39 is 0 Å². The molecule has 0 saturated carbocycles. The Morgan fingerprint density at radius 3 is 2.56 bits per heavy atom. The van der Waals surface area contributed by atoms with Crippen molar-refractivity contribution in [3.8, 4) is 0 Å². The van der Waals surface area contributed by atoms with Crippen molar-refractivity contribution in [2.24, 2.45) is 4.99 Å². The third-order valence-corrected chi connectivity index (χ3v) is 4.22. The molecular formula is C19H35FIN5O. The Labute approximate surface area is 180 Å². The van der Waals surface area contributed by atoms with Crippen LogP contribution >= 0.6 is 24.0 Å². The fourth-order valence-electron chi connectivity index (χ4n) is 2.68. The molecule has 1 atom stereocenters. The molecule has 0 aliphatic rings. The van der Waals surface area contributed by atoms with Gasteiger partial charge in [-0.25, -0.2) is 4.39 Å². The van der Waals surface area contributed by atoms with E-state index in [0.29, 0.717) is 6.54 Å². The molecule has 2 N–H and O–H groups in total. The molecule has 27 heavy (non-hydrogen) atoms. The Hall–Kier alpha value is -0.970. The Kier molecular flexibility index (Phi) is 14.5. The molecule has 0 aliphatic carbocycles. The first-order valence-corrected chi connectivity index (χ1v) is 9.01. The van der Waals surface area contributed by atoms with Gasteiger partial charge >= 0.3 is 0 Å². The monoisotopic (exact) mass is 495 g/mol. The smallest absolute Gasteiger partial charge is 0.191 e. The van der Waals surface area contributed by atoms with Gasteiger partial charge in [0.05, 0.1) is 6.04 Å². The molecule has 1 aromatic rings. The molecule has 0 fully saturated rings. The van der Waals surface area contributed by atoms with Crippen LogP contribution in [0.25, 0.3) is 0 Å². The van der Waals surface area contributed by atoms with Gasteiger partial charge in [0.15, 0.2) is 5.96 Å². The summed E-state index contributed by atoms with van der Waals surface area (Å²) in [6, 6.07) is 6.79.